The molecule has 0 bridgehead atoms. The number of amides is 1. The molecule has 0 atom stereocenters. The summed E-state index contributed by atoms with van der Waals surface area (Å²) < 4.78 is 16.6. The lowest BCUT2D eigenvalue weighted by Gasteiger charge is -2.08. The monoisotopic (exact) mass is 430 g/mol. The highest BCUT2D eigenvalue weighted by Crippen LogP contribution is 2.27. The molecule has 0 aliphatic carbocycles. The van der Waals surface area contributed by atoms with Crippen LogP contribution in [-0.2, 0) is 4.79 Å². The first-order valence-corrected chi connectivity index (χ1v) is 8.64. The third-order valence-corrected chi connectivity index (χ3v) is 4.02. The highest BCUT2D eigenvalue weighted by atomic mass is 79.9. The predicted molar refractivity (Wildman–Crippen MR) is 103 cm³/mol. The van der Waals surface area contributed by atoms with Crippen molar-refractivity contribution in [1.82, 2.24) is 5.43 Å². The van der Waals surface area contributed by atoms with Gasteiger partial charge >= 0.3 is 11.9 Å². The Bertz CT molecular complexity index is 1040. The summed E-state index contributed by atoms with van der Waals surface area (Å²) in [6.07, 6.45) is 1.44. The van der Waals surface area contributed by atoms with Crippen molar-refractivity contribution >= 4 is 45.0 Å². The standard InChI is InChI=1S/C19H15BrN2O5/c1-11(23)26-16-5-3-12(7-17(16)25-2)10-21-22-19(24)18-9-13-8-14(20)4-6-15(13)27-18/h3-10H,1-2H3,(H,22,24)/b21-10+. The fourth-order valence-corrected chi connectivity index (χ4v) is 2.73. The summed E-state index contributed by atoms with van der Waals surface area (Å²) in [4.78, 5) is 23.2. The molecule has 0 aliphatic heterocycles. The summed E-state index contributed by atoms with van der Waals surface area (Å²) in [5, 5.41) is 4.72. The number of halogens is 1. The zero-order valence-corrected chi connectivity index (χ0v) is 16.1. The van der Waals surface area contributed by atoms with Crippen LogP contribution >= 0.6 is 15.9 Å². The highest BCUT2D eigenvalue weighted by Gasteiger charge is 2.12. The zero-order valence-electron chi connectivity index (χ0n) is 14.5. The minimum absolute atomic E-state index is 0.156. The first-order chi connectivity index (χ1) is 13.0. The molecule has 8 heteroatoms. The van der Waals surface area contributed by atoms with Crippen molar-refractivity contribution in [2.45, 2.75) is 6.92 Å². The highest BCUT2D eigenvalue weighted by molar-refractivity contribution is 9.10. The Morgan fingerprint density at radius 2 is 1.96 bits per heavy atom. The first kappa shape index (κ1) is 18.7. The lowest BCUT2D eigenvalue weighted by molar-refractivity contribution is -0.132. The van der Waals surface area contributed by atoms with E-state index in [0.29, 0.717) is 22.6 Å². The van der Waals surface area contributed by atoms with Crippen LogP contribution in [0.5, 0.6) is 11.5 Å². The summed E-state index contributed by atoms with van der Waals surface area (Å²) in [6.45, 7) is 1.31. The molecule has 1 aromatic heterocycles. The van der Waals surface area contributed by atoms with Crippen LogP contribution in [0.1, 0.15) is 23.0 Å². The summed E-state index contributed by atoms with van der Waals surface area (Å²) in [6, 6.07) is 12.0. The molecule has 138 valence electrons. The quantitative estimate of drug-likeness (QED) is 0.287. The van der Waals surface area contributed by atoms with Gasteiger partial charge < -0.3 is 13.9 Å². The molecule has 0 saturated heterocycles. The molecule has 1 N–H and O–H groups in total. The molecular weight excluding hydrogens is 416 g/mol. The number of methoxy groups -OCH3 is 1. The number of esters is 1. The van der Waals surface area contributed by atoms with E-state index < -0.39 is 11.9 Å². The van der Waals surface area contributed by atoms with Crippen LogP contribution in [0, 0.1) is 0 Å². The van der Waals surface area contributed by atoms with Crippen molar-refractivity contribution in [2.24, 2.45) is 5.10 Å². The maximum Gasteiger partial charge on any atom is 0.308 e. The van der Waals surface area contributed by atoms with E-state index in [0.717, 1.165) is 9.86 Å². The van der Waals surface area contributed by atoms with E-state index >= 15 is 0 Å². The van der Waals surface area contributed by atoms with Crippen LogP contribution in [0.2, 0.25) is 0 Å². The molecule has 1 heterocycles. The van der Waals surface area contributed by atoms with Crippen LogP contribution in [0.25, 0.3) is 11.0 Å². The van der Waals surface area contributed by atoms with Crippen LogP contribution in [0.3, 0.4) is 0 Å². The molecule has 0 radical (unpaired) electrons. The van der Waals surface area contributed by atoms with Gasteiger partial charge in [-0.3, -0.25) is 9.59 Å². The van der Waals surface area contributed by atoms with Crippen LogP contribution in [0.15, 0.2) is 56.5 Å². The maximum atomic E-state index is 12.2. The van der Waals surface area contributed by atoms with Gasteiger partial charge in [0.15, 0.2) is 17.3 Å². The summed E-state index contributed by atoms with van der Waals surface area (Å²) >= 11 is 3.37. The molecule has 0 aliphatic rings. The number of fused-ring (bicyclic) bond motifs is 1. The van der Waals surface area contributed by atoms with Crippen molar-refractivity contribution in [2.75, 3.05) is 7.11 Å². The van der Waals surface area contributed by atoms with Crippen LogP contribution < -0.4 is 14.9 Å². The van der Waals surface area contributed by atoms with Gasteiger partial charge in [-0.05, 0) is 48.0 Å². The fraction of sp³-hybridized carbons (Fsp3) is 0.105. The van der Waals surface area contributed by atoms with Gasteiger partial charge in [0.05, 0.1) is 13.3 Å². The van der Waals surface area contributed by atoms with Gasteiger partial charge in [-0.15, -0.1) is 0 Å². The number of nitrogens with zero attached hydrogens (tertiary/aromatic N) is 1. The Hall–Kier alpha value is -3.13. The van der Waals surface area contributed by atoms with E-state index in [4.69, 9.17) is 13.9 Å². The number of nitrogens with one attached hydrogen (secondary N) is 1. The second kappa shape index (κ2) is 8.05. The number of rotatable bonds is 5. The van der Waals surface area contributed by atoms with Crippen molar-refractivity contribution in [3.63, 3.8) is 0 Å². The molecule has 0 fully saturated rings. The normalized spacial score (nSPS) is 10.9. The van der Waals surface area contributed by atoms with E-state index in [1.807, 2.05) is 12.1 Å². The van der Waals surface area contributed by atoms with Gasteiger partial charge in [-0.1, -0.05) is 15.9 Å². The average molecular weight is 431 g/mol. The van der Waals surface area contributed by atoms with E-state index in [2.05, 4.69) is 26.5 Å². The van der Waals surface area contributed by atoms with Gasteiger partial charge in [0.25, 0.3) is 0 Å². The predicted octanol–water partition coefficient (Wildman–Crippen LogP) is 3.89. The number of hydrogen-bond donors (Lipinski definition) is 1. The zero-order chi connectivity index (χ0) is 19.4. The minimum atomic E-state index is -0.470. The molecule has 7 nitrogen and oxygen atoms in total. The van der Waals surface area contributed by atoms with E-state index in [1.165, 1.54) is 20.2 Å². The van der Waals surface area contributed by atoms with Crippen molar-refractivity contribution < 1.29 is 23.5 Å². The van der Waals surface area contributed by atoms with E-state index in [9.17, 15) is 9.59 Å². The van der Waals surface area contributed by atoms with E-state index in [1.54, 1.807) is 30.3 Å². The molecule has 3 aromatic rings. The van der Waals surface area contributed by atoms with Crippen LogP contribution in [-0.4, -0.2) is 25.2 Å². The lowest BCUT2D eigenvalue weighted by Crippen LogP contribution is -2.16. The molecular formula is C19H15BrN2O5. The number of hydrazone groups is 1. The van der Waals surface area contributed by atoms with Crippen LogP contribution in [0.4, 0.5) is 0 Å². The van der Waals surface area contributed by atoms with Gasteiger partial charge in [0.1, 0.15) is 5.58 Å². The maximum absolute atomic E-state index is 12.2. The molecule has 1 amide bonds. The Morgan fingerprint density at radius 3 is 2.70 bits per heavy atom. The molecule has 0 spiro atoms. The Morgan fingerprint density at radius 1 is 1.15 bits per heavy atom. The smallest absolute Gasteiger partial charge is 0.308 e. The van der Waals surface area contributed by atoms with E-state index in [-0.39, 0.29) is 5.76 Å². The number of benzene rings is 2. The third-order valence-electron chi connectivity index (χ3n) is 3.52. The molecule has 27 heavy (non-hydrogen) atoms. The summed E-state index contributed by atoms with van der Waals surface area (Å²) in [5.74, 6) is -0.0760. The molecule has 3 rings (SSSR count). The topological polar surface area (TPSA) is 90.1 Å². The van der Waals surface area contributed by atoms with Gasteiger partial charge in [-0.25, -0.2) is 5.43 Å². The Kier molecular flexibility index (Phi) is 5.56. The third kappa shape index (κ3) is 4.53. The summed E-state index contributed by atoms with van der Waals surface area (Å²) in [5.41, 5.74) is 3.67. The number of carbonyl (C=O) groups is 2. The molecule has 0 saturated carbocycles. The molecule has 0 unspecified atom stereocenters. The fourth-order valence-electron chi connectivity index (χ4n) is 2.35. The second-order valence-electron chi connectivity index (χ2n) is 5.50. The van der Waals surface area contributed by atoms with Crippen molar-refractivity contribution in [3.8, 4) is 11.5 Å². The Labute approximate surface area is 163 Å². The summed E-state index contributed by atoms with van der Waals surface area (Å²) in [7, 11) is 1.46. The largest absolute Gasteiger partial charge is 0.493 e. The van der Waals surface area contributed by atoms with Crippen molar-refractivity contribution in [1.29, 1.82) is 0 Å². The second-order valence-corrected chi connectivity index (χ2v) is 6.41. The Balaban J connectivity index is 1.70. The van der Waals surface area contributed by atoms with Gasteiger partial charge in [0, 0.05) is 16.8 Å². The van der Waals surface area contributed by atoms with Crippen molar-refractivity contribution in [3.05, 3.63) is 58.3 Å². The number of furan rings is 1. The number of hydrogen-bond acceptors (Lipinski definition) is 6. The minimum Gasteiger partial charge on any atom is -0.493 e. The lowest BCUT2D eigenvalue weighted by atomic mass is 10.2. The van der Waals surface area contributed by atoms with Gasteiger partial charge in [0.2, 0.25) is 0 Å². The SMILES string of the molecule is COc1cc(/C=N/NC(=O)c2cc3cc(Br)ccc3o2)ccc1OC(C)=O. The number of carbonyl (C=O) groups excluding carboxylic acids is 2. The first-order valence-electron chi connectivity index (χ1n) is 7.85. The number of ether oxygens (including phenoxy) is 2. The average Bonchev–Trinajstić information content (AvgIpc) is 3.05. The molecule has 2 aromatic carbocycles. The van der Waals surface area contributed by atoms with Gasteiger partial charge in [-0.2, -0.15) is 5.10 Å².